The van der Waals surface area contributed by atoms with Crippen LogP contribution in [0.2, 0.25) is 0 Å². The van der Waals surface area contributed by atoms with Crippen molar-refractivity contribution in [3.8, 4) is 0 Å². The van der Waals surface area contributed by atoms with Gasteiger partial charge >= 0.3 is 0 Å². The number of hydrogen-bond donors (Lipinski definition) is 1. The number of amides is 1. The second-order valence-corrected chi connectivity index (χ2v) is 7.05. The van der Waals surface area contributed by atoms with E-state index in [-0.39, 0.29) is 6.04 Å². The molecule has 0 radical (unpaired) electrons. The van der Waals surface area contributed by atoms with Crippen LogP contribution in [0.1, 0.15) is 51.9 Å². The third kappa shape index (κ3) is 3.42. The van der Waals surface area contributed by atoms with Gasteiger partial charge in [-0.25, -0.2) is 0 Å². The molecule has 4 nitrogen and oxygen atoms in total. The molecule has 0 saturated carbocycles. The molecule has 0 aromatic rings. The lowest BCUT2D eigenvalue weighted by Crippen LogP contribution is -2.53. The molecular weight excluding hydrogens is 262 g/mol. The molecule has 0 aliphatic carbocycles. The summed E-state index contributed by atoms with van der Waals surface area (Å²) in [4.78, 5) is 17.6. The quantitative estimate of drug-likeness (QED) is 0.862. The van der Waals surface area contributed by atoms with Gasteiger partial charge < -0.3 is 10.2 Å². The van der Waals surface area contributed by atoms with Crippen LogP contribution in [0.5, 0.6) is 0 Å². The number of rotatable bonds is 3. The summed E-state index contributed by atoms with van der Waals surface area (Å²) in [5.74, 6) is 1.28. The summed E-state index contributed by atoms with van der Waals surface area (Å²) in [6.07, 6.45) is 8.39. The molecule has 3 saturated heterocycles. The fourth-order valence-corrected chi connectivity index (χ4v) is 4.40. The van der Waals surface area contributed by atoms with Crippen molar-refractivity contribution >= 4 is 5.91 Å². The molecule has 3 fully saturated rings. The molecule has 3 aliphatic rings. The SMILES string of the molecule is CCC1CCN(C(=O)C2CCCN2C2CCNCC2)CC1. The van der Waals surface area contributed by atoms with Gasteiger partial charge in [0.25, 0.3) is 0 Å². The lowest BCUT2D eigenvalue weighted by atomic mass is 9.94. The van der Waals surface area contributed by atoms with Gasteiger partial charge in [-0.15, -0.1) is 0 Å². The van der Waals surface area contributed by atoms with Gasteiger partial charge in [0.05, 0.1) is 6.04 Å². The van der Waals surface area contributed by atoms with E-state index < -0.39 is 0 Å². The smallest absolute Gasteiger partial charge is 0.239 e. The van der Waals surface area contributed by atoms with Gasteiger partial charge in [-0.05, 0) is 64.1 Å². The van der Waals surface area contributed by atoms with Crippen molar-refractivity contribution in [1.29, 1.82) is 0 Å². The summed E-state index contributed by atoms with van der Waals surface area (Å²) in [5, 5.41) is 3.43. The maximum Gasteiger partial charge on any atom is 0.239 e. The van der Waals surface area contributed by atoms with Crippen LogP contribution in [-0.2, 0) is 4.79 Å². The topological polar surface area (TPSA) is 35.6 Å². The summed E-state index contributed by atoms with van der Waals surface area (Å²) in [5.41, 5.74) is 0. The van der Waals surface area contributed by atoms with E-state index in [0.717, 1.165) is 45.1 Å². The monoisotopic (exact) mass is 293 g/mol. The van der Waals surface area contributed by atoms with Crippen LogP contribution in [0.25, 0.3) is 0 Å². The van der Waals surface area contributed by atoms with Crippen molar-refractivity contribution in [2.45, 2.75) is 64.0 Å². The molecular formula is C17H31N3O. The molecule has 1 unspecified atom stereocenters. The highest BCUT2D eigenvalue weighted by molar-refractivity contribution is 5.82. The molecule has 0 bridgehead atoms. The van der Waals surface area contributed by atoms with Crippen LogP contribution in [0, 0.1) is 5.92 Å². The van der Waals surface area contributed by atoms with E-state index in [2.05, 4.69) is 22.0 Å². The van der Waals surface area contributed by atoms with Gasteiger partial charge in [0.15, 0.2) is 0 Å². The molecule has 1 amide bonds. The minimum absolute atomic E-state index is 0.186. The highest BCUT2D eigenvalue weighted by Crippen LogP contribution is 2.28. The molecule has 0 spiro atoms. The van der Waals surface area contributed by atoms with Crippen LogP contribution >= 0.6 is 0 Å². The minimum Gasteiger partial charge on any atom is -0.341 e. The first-order chi connectivity index (χ1) is 10.3. The zero-order chi connectivity index (χ0) is 14.7. The molecule has 0 aromatic carbocycles. The van der Waals surface area contributed by atoms with Crippen LogP contribution in [0.3, 0.4) is 0 Å². The Morgan fingerprint density at radius 2 is 1.76 bits per heavy atom. The van der Waals surface area contributed by atoms with Gasteiger partial charge in [-0.3, -0.25) is 9.69 Å². The number of carbonyl (C=O) groups is 1. The second-order valence-electron chi connectivity index (χ2n) is 7.05. The Bertz CT molecular complexity index is 346. The fourth-order valence-electron chi connectivity index (χ4n) is 4.40. The summed E-state index contributed by atoms with van der Waals surface area (Å²) in [6.45, 7) is 7.63. The standard InChI is InChI=1S/C17H31N3O/c1-2-14-7-12-19(13-8-14)17(21)16-4-3-11-20(16)15-5-9-18-10-6-15/h14-16,18H,2-13H2,1H3. The number of nitrogens with zero attached hydrogens (tertiary/aromatic N) is 2. The summed E-state index contributed by atoms with van der Waals surface area (Å²) >= 11 is 0. The number of likely N-dealkylation sites (tertiary alicyclic amines) is 2. The Kier molecular flexibility index (Phi) is 5.17. The Morgan fingerprint density at radius 3 is 2.43 bits per heavy atom. The second kappa shape index (κ2) is 7.10. The fraction of sp³-hybridized carbons (Fsp3) is 0.941. The largest absolute Gasteiger partial charge is 0.341 e. The van der Waals surface area contributed by atoms with Crippen molar-refractivity contribution in [3.05, 3.63) is 0 Å². The number of nitrogens with one attached hydrogen (secondary N) is 1. The Balaban J connectivity index is 1.58. The molecule has 3 aliphatic heterocycles. The van der Waals surface area contributed by atoms with E-state index in [1.54, 1.807) is 0 Å². The van der Waals surface area contributed by atoms with E-state index in [1.807, 2.05) is 0 Å². The van der Waals surface area contributed by atoms with Crippen LogP contribution in [-0.4, -0.2) is 60.5 Å². The lowest BCUT2D eigenvalue weighted by Gasteiger charge is -2.39. The first-order valence-corrected chi connectivity index (χ1v) is 9.05. The third-order valence-corrected chi connectivity index (χ3v) is 5.86. The normalized spacial score (nSPS) is 30.0. The first kappa shape index (κ1) is 15.3. The molecule has 3 heterocycles. The van der Waals surface area contributed by atoms with E-state index in [9.17, 15) is 4.79 Å². The maximum absolute atomic E-state index is 12.9. The van der Waals surface area contributed by atoms with E-state index in [0.29, 0.717) is 11.9 Å². The van der Waals surface area contributed by atoms with Gasteiger partial charge in [0, 0.05) is 19.1 Å². The number of carbonyl (C=O) groups excluding carboxylic acids is 1. The summed E-state index contributed by atoms with van der Waals surface area (Å²) in [7, 11) is 0. The van der Waals surface area contributed by atoms with Crippen molar-refractivity contribution < 1.29 is 4.79 Å². The van der Waals surface area contributed by atoms with Gasteiger partial charge in [-0.1, -0.05) is 13.3 Å². The predicted molar refractivity (Wildman–Crippen MR) is 85.2 cm³/mol. The predicted octanol–water partition coefficient (Wildman–Crippen LogP) is 1.85. The van der Waals surface area contributed by atoms with Crippen LogP contribution in [0.15, 0.2) is 0 Å². The Hall–Kier alpha value is -0.610. The van der Waals surface area contributed by atoms with Crippen molar-refractivity contribution in [1.82, 2.24) is 15.1 Å². The average molecular weight is 293 g/mol. The zero-order valence-corrected chi connectivity index (χ0v) is 13.5. The highest BCUT2D eigenvalue weighted by Gasteiger charge is 2.38. The first-order valence-electron chi connectivity index (χ1n) is 9.05. The Morgan fingerprint density at radius 1 is 1.05 bits per heavy atom. The van der Waals surface area contributed by atoms with Crippen molar-refractivity contribution in [3.63, 3.8) is 0 Å². The third-order valence-electron chi connectivity index (χ3n) is 5.86. The van der Waals surface area contributed by atoms with Crippen LogP contribution in [0.4, 0.5) is 0 Å². The molecule has 4 heteroatoms. The van der Waals surface area contributed by atoms with Gasteiger partial charge in [0.2, 0.25) is 5.91 Å². The van der Waals surface area contributed by atoms with Crippen molar-refractivity contribution in [2.24, 2.45) is 5.92 Å². The van der Waals surface area contributed by atoms with Crippen molar-refractivity contribution in [2.75, 3.05) is 32.7 Å². The molecule has 1 atom stereocenters. The number of hydrogen-bond acceptors (Lipinski definition) is 3. The average Bonchev–Trinajstić information content (AvgIpc) is 3.04. The maximum atomic E-state index is 12.9. The minimum atomic E-state index is 0.186. The highest BCUT2D eigenvalue weighted by atomic mass is 16.2. The van der Waals surface area contributed by atoms with E-state index >= 15 is 0 Å². The number of piperidine rings is 2. The summed E-state index contributed by atoms with van der Waals surface area (Å²) in [6, 6.07) is 0.821. The molecule has 3 rings (SSSR count). The molecule has 120 valence electrons. The van der Waals surface area contributed by atoms with E-state index in [4.69, 9.17) is 0 Å². The lowest BCUT2D eigenvalue weighted by molar-refractivity contribution is -0.138. The molecule has 0 aromatic heterocycles. The summed E-state index contributed by atoms with van der Waals surface area (Å²) < 4.78 is 0. The van der Waals surface area contributed by atoms with Crippen LogP contribution < -0.4 is 5.32 Å². The van der Waals surface area contributed by atoms with Gasteiger partial charge in [0.1, 0.15) is 0 Å². The van der Waals surface area contributed by atoms with Gasteiger partial charge in [-0.2, -0.15) is 0 Å². The molecule has 1 N–H and O–H groups in total. The molecule has 21 heavy (non-hydrogen) atoms. The Labute approximate surface area is 129 Å². The zero-order valence-electron chi connectivity index (χ0n) is 13.5. The van der Waals surface area contributed by atoms with E-state index in [1.165, 1.54) is 38.5 Å².